The number of benzene rings is 3. The van der Waals surface area contributed by atoms with Crippen LogP contribution in [0.4, 0.5) is 13.2 Å². The van der Waals surface area contributed by atoms with Gasteiger partial charge in [0.15, 0.2) is 0 Å². The van der Waals surface area contributed by atoms with Crippen LogP contribution >= 0.6 is 23.4 Å². The van der Waals surface area contributed by atoms with Gasteiger partial charge in [-0.1, -0.05) is 96.5 Å². The van der Waals surface area contributed by atoms with E-state index in [9.17, 15) is 13.2 Å². The van der Waals surface area contributed by atoms with Gasteiger partial charge in [0.05, 0.1) is 5.03 Å². The van der Waals surface area contributed by atoms with E-state index < -0.39 is 5.51 Å². The Hall–Kier alpha value is -2.43. The van der Waals surface area contributed by atoms with Crippen LogP contribution in [-0.4, -0.2) is 5.51 Å². The molecule has 28 heavy (non-hydrogen) atoms. The summed E-state index contributed by atoms with van der Waals surface area (Å²) in [4.78, 5) is 0.179. The number of thioether (sulfide) groups is 1. The lowest BCUT2D eigenvalue weighted by atomic mass is 9.95. The zero-order chi connectivity index (χ0) is 19.7. The molecule has 0 aromatic heterocycles. The molecule has 0 radical (unpaired) electrons. The molecule has 3 aromatic carbocycles. The molecule has 0 heterocycles. The van der Waals surface area contributed by atoms with Crippen molar-refractivity contribution in [1.29, 1.82) is 0 Å². The zero-order valence-corrected chi connectivity index (χ0v) is 16.1. The number of halogens is 4. The van der Waals surface area contributed by atoms with Crippen LogP contribution in [-0.2, 0) is 0 Å². The van der Waals surface area contributed by atoms with Crippen LogP contribution in [0, 0.1) is 0 Å². The van der Waals surface area contributed by atoms with Crippen molar-refractivity contribution < 1.29 is 13.2 Å². The van der Waals surface area contributed by atoms with Gasteiger partial charge in [0.1, 0.15) is 0 Å². The minimum atomic E-state index is -4.41. The van der Waals surface area contributed by atoms with Crippen LogP contribution in [0.2, 0.25) is 0 Å². The summed E-state index contributed by atoms with van der Waals surface area (Å²) in [6.45, 7) is 0. The summed E-state index contributed by atoms with van der Waals surface area (Å²) in [5.41, 5.74) is -0.541. The van der Waals surface area contributed by atoms with Crippen LogP contribution in [0.1, 0.15) is 22.3 Å². The van der Waals surface area contributed by atoms with Crippen molar-refractivity contribution in [3.63, 3.8) is 0 Å². The topological polar surface area (TPSA) is 0 Å². The summed E-state index contributed by atoms with van der Waals surface area (Å²) in [7, 11) is 0. The molecule has 1 aliphatic carbocycles. The Morgan fingerprint density at radius 1 is 0.714 bits per heavy atom. The average molecular weight is 415 g/mol. The van der Waals surface area contributed by atoms with Gasteiger partial charge < -0.3 is 0 Å². The molecule has 0 aliphatic heterocycles. The van der Waals surface area contributed by atoms with E-state index in [0.29, 0.717) is 32.9 Å². The average Bonchev–Trinajstić information content (AvgIpc) is 3.01. The maximum absolute atomic E-state index is 13.4. The van der Waals surface area contributed by atoms with Gasteiger partial charge in [0.2, 0.25) is 0 Å². The molecular formula is C23H14ClF3S. The fourth-order valence-corrected chi connectivity index (χ4v) is 4.50. The Morgan fingerprint density at radius 2 is 1.25 bits per heavy atom. The number of fused-ring (bicyclic) bond motifs is 1. The largest absolute Gasteiger partial charge is 0.446 e. The Kier molecular flexibility index (Phi) is 5.09. The molecule has 1 aliphatic rings. The highest BCUT2D eigenvalue weighted by Crippen LogP contribution is 2.57. The Bertz CT molecular complexity index is 1070. The normalized spacial score (nSPS) is 15.6. The monoisotopic (exact) mass is 414 g/mol. The van der Waals surface area contributed by atoms with E-state index in [1.54, 1.807) is 12.1 Å². The lowest BCUT2D eigenvalue weighted by molar-refractivity contribution is -0.0317. The van der Waals surface area contributed by atoms with Gasteiger partial charge in [-0.3, -0.25) is 0 Å². The first kappa shape index (κ1) is 18.9. The molecule has 0 bridgehead atoms. The van der Waals surface area contributed by atoms with Gasteiger partial charge in [-0.05, 0) is 34.0 Å². The summed E-state index contributed by atoms with van der Waals surface area (Å²) in [6.07, 6.45) is 0. The maximum atomic E-state index is 13.4. The highest BCUT2D eigenvalue weighted by atomic mass is 35.5. The van der Waals surface area contributed by atoms with Crippen molar-refractivity contribution in [2.45, 2.75) is 5.51 Å². The summed E-state index contributed by atoms with van der Waals surface area (Å²) in [6, 6.07) is 25.5. The fourth-order valence-electron chi connectivity index (χ4n) is 3.34. The molecule has 0 N–H and O–H groups in total. The summed E-state index contributed by atoms with van der Waals surface area (Å²) < 4.78 is 40.3. The molecular weight excluding hydrogens is 401 g/mol. The molecule has 3 aromatic rings. The number of hydrogen-bond acceptors (Lipinski definition) is 1. The fraction of sp³-hybridized carbons (Fsp3) is 0.0435. The third-order valence-corrected chi connectivity index (χ3v) is 5.71. The SMILES string of the molecule is FC(F)(F)SC1=C(c2ccccc2)/C(=C(\Cl)c2ccccc2)c2ccccc21. The van der Waals surface area contributed by atoms with E-state index in [4.69, 9.17) is 11.6 Å². The van der Waals surface area contributed by atoms with Crippen molar-refractivity contribution in [2.75, 3.05) is 0 Å². The maximum Gasteiger partial charge on any atom is 0.446 e. The highest BCUT2D eigenvalue weighted by Gasteiger charge is 2.38. The smallest absolute Gasteiger partial charge is 0.160 e. The van der Waals surface area contributed by atoms with Crippen LogP contribution in [0.3, 0.4) is 0 Å². The van der Waals surface area contributed by atoms with E-state index in [-0.39, 0.29) is 16.7 Å². The lowest BCUT2D eigenvalue weighted by Crippen LogP contribution is -2.00. The van der Waals surface area contributed by atoms with Gasteiger partial charge in [-0.25, -0.2) is 0 Å². The lowest BCUT2D eigenvalue weighted by Gasteiger charge is -2.13. The van der Waals surface area contributed by atoms with Crippen molar-refractivity contribution >= 4 is 44.4 Å². The molecule has 4 rings (SSSR count). The van der Waals surface area contributed by atoms with Crippen molar-refractivity contribution in [1.82, 2.24) is 0 Å². The Morgan fingerprint density at radius 3 is 1.86 bits per heavy atom. The highest BCUT2D eigenvalue weighted by molar-refractivity contribution is 8.09. The van der Waals surface area contributed by atoms with E-state index >= 15 is 0 Å². The minimum absolute atomic E-state index is 0.0869. The predicted octanol–water partition coefficient (Wildman–Crippen LogP) is 7.93. The first-order chi connectivity index (χ1) is 13.5. The second-order valence-corrected chi connectivity index (χ2v) is 7.67. The third-order valence-electron chi connectivity index (χ3n) is 4.45. The van der Waals surface area contributed by atoms with Crippen LogP contribution in [0.25, 0.3) is 21.1 Å². The summed E-state index contributed by atoms with van der Waals surface area (Å²) in [5, 5.41) is 0.435. The Labute approximate surface area is 170 Å². The Balaban J connectivity index is 2.05. The summed E-state index contributed by atoms with van der Waals surface area (Å²) >= 11 is 6.69. The molecule has 5 heteroatoms. The minimum Gasteiger partial charge on any atom is -0.160 e. The van der Waals surface area contributed by atoms with Gasteiger partial charge in [0, 0.05) is 16.1 Å². The molecule has 140 valence electrons. The zero-order valence-electron chi connectivity index (χ0n) is 14.5. The van der Waals surface area contributed by atoms with Gasteiger partial charge in [0.25, 0.3) is 0 Å². The quantitative estimate of drug-likeness (QED) is 0.419. The van der Waals surface area contributed by atoms with E-state index in [1.165, 1.54) is 0 Å². The van der Waals surface area contributed by atoms with Gasteiger partial charge in [-0.15, -0.1) is 0 Å². The molecule has 0 nitrogen and oxygen atoms in total. The standard InChI is InChI=1S/C23H14ClF3S/c24-21(16-11-5-2-6-12-16)20-17-13-7-8-14-18(17)22(28-23(25,26)27)19(20)15-9-3-1-4-10-15/h1-14H/b21-20-. The molecule has 0 spiro atoms. The van der Waals surface area contributed by atoms with Crippen molar-refractivity contribution in [3.05, 3.63) is 107 Å². The van der Waals surface area contributed by atoms with Crippen LogP contribution in [0.5, 0.6) is 0 Å². The third kappa shape index (κ3) is 3.62. The van der Waals surface area contributed by atoms with E-state index in [0.717, 1.165) is 5.56 Å². The van der Waals surface area contributed by atoms with Crippen molar-refractivity contribution in [2.24, 2.45) is 0 Å². The van der Waals surface area contributed by atoms with E-state index in [2.05, 4.69) is 0 Å². The molecule has 0 fully saturated rings. The number of allylic oxidation sites excluding steroid dienone is 2. The molecule has 0 saturated heterocycles. The number of alkyl halides is 3. The van der Waals surface area contributed by atoms with Gasteiger partial charge >= 0.3 is 5.51 Å². The van der Waals surface area contributed by atoms with E-state index in [1.807, 2.05) is 72.8 Å². The second kappa shape index (κ2) is 7.53. The van der Waals surface area contributed by atoms with Crippen LogP contribution in [0.15, 0.2) is 84.9 Å². The van der Waals surface area contributed by atoms with Crippen molar-refractivity contribution in [3.8, 4) is 0 Å². The summed E-state index contributed by atoms with van der Waals surface area (Å²) in [5.74, 6) is 0. The second-order valence-electron chi connectivity index (χ2n) is 6.22. The first-order valence-corrected chi connectivity index (χ1v) is 9.76. The number of rotatable bonds is 3. The van der Waals surface area contributed by atoms with Gasteiger partial charge in [-0.2, -0.15) is 13.2 Å². The first-order valence-electron chi connectivity index (χ1n) is 8.56. The molecule has 0 saturated carbocycles. The molecule has 0 unspecified atom stereocenters. The molecule has 0 amide bonds. The molecule has 0 atom stereocenters. The predicted molar refractivity (Wildman–Crippen MR) is 112 cm³/mol. The van der Waals surface area contributed by atoms with Crippen LogP contribution < -0.4 is 0 Å². The number of hydrogen-bond donors (Lipinski definition) is 0.